The van der Waals surface area contributed by atoms with Gasteiger partial charge in [-0.15, -0.1) is 0 Å². The number of Topliss-reactive ketones (excluding diaryl/α,β-unsaturated/α-hetero) is 1. The van der Waals surface area contributed by atoms with Gasteiger partial charge >= 0.3 is 5.97 Å². The Labute approximate surface area is 155 Å². The molecule has 0 unspecified atom stereocenters. The lowest BCUT2D eigenvalue weighted by atomic mass is 9.98. The van der Waals surface area contributed by atoms with Crippen LogP contribution in [0.25, 0.3) is 0 Å². The van der Waals surface area contributed by atoms with Crippen LogP contribution in [0.4, 0.5) is 0 Å². The van der Waals surface area contributed by atoms with Crippen molar-refractivity contribution in [2.75, 3.05) is 13.7 Å². The minimum absolute atomic E-state index is 0.0623. The number of methoxy groups -OCH3 is 1. The number of esters is 1. The number of hydrogen-bond donors (Lipinski definition) is 2. The third-order valence-corrected chi connectivity index (χ3v) is 4.27. The van der Waals surface area contributed by atoms with Gasteiger partial charge < -0.3 is 19.7 Å². The Hall–Kier alpha value is -2.24. The molecule has 2 N–H and O–H groups in total. The highest BCUT2D eigenvalue weighted by atomic mass is 16.5. The SMILES string of the molecule is COc1c(O)cc(C)c(C(=O)CCCCCCCCCOC(C)=O)c1O. The molecule has 0 saturated carbocycles. The van der Waals surface area contributed by atoms with E-state index in [4.69, 9.17) is 9.47 Å². The van der Waals surface area contributed by atoms with Crippen molar-refractivity contribution in [3.05, 3.63) is 17.2 Å². The lowest BCUT2D eigenvalue weighted by Gasteiger charge is -2.13. The first-order chi connectivity index (χ1) is 12.4. The molecule has 0 aliphatic heterocycles. The molecule has 0 atom stereocenters. The van der Waals surface area contributed by atoms with Gasteiger partial charge in [-0.1, -0.05) is 32.1 Å². The van der Waals surface area contributed by atoms with E-state index in [0.717, 1.165) is 44.9 Å². The number of phenols is 2. The predicted octanol–water partition coefficient (Wildman–Crippen LogP) is 4.28. The number of phenolic OH excluding ortho intramolecular Hbond substituents is 2. The van der Waals surface area contributed by atoms with Crippen molar-refractivity contribution >= 4 is 11.8 Å². The van der Waals surface area contributed by atoms with Crippen LogP contribution in [0.5, 0.6) is 17.2 Å². The highest BCUT2D eigenvalue weighted by Crippen LogP contribution is 2.40. The summed E-state index contributed by atoms with van der Waals surface area (Å²) in [6.07, 6.45) is 7.21. The predicted molar refractivity (Wildman–Crippen MR) is 99.0 cm³/mol. The Kier molecular flexibility index (Phi) is 9.55. The fraction of sp³-hybridized carbons (Fsp3) is 0.600. The second-order valence-corrected chi connectivity index (χ2v) is 6.46. The van der Waals surface area contributed by atoms with Crippen LogP contribution in [-0.4, -0.2) is 35.7 Å². The van der Waals surface area contributed by atoms with Crippen LogP contribution in [0.1, 0.15) is 74.2 Å². The number of aryl methyl sites for hydroxylation is 1. The number of hydrogen-bond acceptors (Lipinski definition) is 6. The van der Waals surface area contributed by atoms with Crippen molar-refractivity contribution in [3.8, 4) is 17.2 Å². The summed E-state index contributed by atoms with van der Waals surface area (Å²) < 4.78 is 9.83. The van der Waals surface area contributed by atoms with Crippen LogP contribution in [0.3, 0.4) is 0 Å². The molecule has 146 valence electrons. The van der Waals surface area contributed by atoms with Gasteiger partial charge in [-0.05, 0) is 31.4 Å². The van der Waals surface area contributed by atoms with E-state index in [0.29, 0.717) is 18.6 Å². The third kappa shape index (κ3) is 6.94. The zero-order valence-corrected chi connectivity index (χ0v) is 16.0. The number of aromatic hydroxyl groups is 2. The van der Waals surface area contributed by atoms with Crippen LogP contribution in [0.15, 0.2) is 6.07 Å². The molecule has 0 fully saturated rings. The average molecular weight is 366 g/mol. The molecule has 1 aromatic rings. The normalized spacial score (nSPS) is 10.6. The van der Waals surface area contributed by atoms with Gasteiger partial charge in [-0.2, -0.15) is 0 Å². The molecule has 0 aliphatic rings. The highest BCUT2D eigenvalue weighted by molar-refractivity contribution is 6.01. The van der Waals surface area contributed by atoms with E-state index < -0.39 is 0 Å². The summed E-state index contributed by atoms with van der Waals surface area (Å²) in [5.41, 5.74) is 0.767. The van der Waals surface area contributed by atoms with Crippen LogP contribution in [0, 0.1) is 6.92 Å². The molecule has 0 heterocycles. The summed E-state index contributed by atoms with van der Waals surface area (Å²) in [6.45, 7) is 3.58. The summed E-state index contributed by atoms with van der Waals surface area (Å²) in [5, 5.41) is 19.9. The minimum Gasteiger partial charge on any atom is -0.504 e. The standard InChI is InChI=1S/C20H30O6/c1-14-13-17(23)20(25-3)19(24)18(14)16(22)11-9-7-5-4-6-8-10-12-26-15(2)21/h13,23-24H,4-12H2,1-3H3. The van der Waals surface area contributed by atoms with E-state index in [-0.39, 0.29) is 34.6 Å². The zero-order valence-electron chi connectivity index (χ0n) is 16.0. The lowest BCUT2D eigenvalue weighted by Crippen LogP contribution is -2.04. The monoisotopic (exact) mass is 366 g/mol. The first-order valence-corrected chi connectivity index (χ1v) is 9.14. The highest BCUT2D eigenvalue weighted by Gasteiger charge is 2.21. The zero-order chi connectivity index (χ0) is 19.5. The van der Waals surface area contributed by atoms with E-state index in [9.17, 15) is 19.8 Å². The van der Waals surface area contributed by atoms with Gasteiger partial charge in [0.25, 0.3) is 0 Å². The molecular formula is C20H30O6. The largest absolute Gasteiger partial charge is 0.504 e. The molecule has 6 nitrogen and oxygen atoms in total. The molecule has 0 spiro atoms. The van der Waals surface area contributed by atoms with E-state index in [1.165, 1.54) is 20.1 Å². The van der Waals surface area contributed by atoms with Gasteiger partial charge in [-0.3, -0.25) is 9.59 Å². The van der Waals surface area contributed by atoms with Crippen molar-refractivity contribution in [2.45, 2.75) is 65.2 Å². The maximum absolute atomic E-state index is 12.4. The molecule has 1 aromatic carbocycles. The molecule has 0 radical (unpaired) electrons. The number of rotatable bonds is 12. The Balaban J connectivity index is 2.28. The van der Waals surface area contributed by atoms with Gasteiger partial charge in [0, 0.05) is 13.3 Å². The number of ether oxygens (including phenoxy) is 2. The lowest BCUT2D eigenvalue weighted by molar-refractivity contribution is -0.141. The molecule has 0 aromatic heterocycles. The third-order valence-electron chi connectivity index (χ3n) is 4.27. The van der Waals surface area contributed by atoms with Gasteiger partial charge in [0.1, 0.15) is 0 Å². The molecular weight excluding hydrogens is 336 g/mol. The summed E-state index contributed by atoms with van der Waals surface area (Å²) in [7, 11) is 1.34. The Morgan fingerprint density at radius 3 is 2.15 bits per heavy atom. The maximum atomic E-state index is 12.4. The maximum Gasteiger partial charge on any atom is 0.302 e. The molecule has 0 saturated heterocycles. The summed E-state index contributed by atoms with van der Waals surface area (Å²) >= 11 is 0. The van der Waals surface area contributed by atoms with E-state index in [1.54, 1.807) is 6.92 Å². The van der Waals surface area contributed by atoms with Gasteiger partial charge in [0.2, 0.25) is 5.75 Å². The van der Waals surface area contributed by atoms with Crippen LogP contribution in [-0.2, 0) is 9.53 Å². The molecule has 0 amide bonds. The molecule has 0 aliphatic carbocycles. The topological polar surface area (TPSA) is 93.1 Å². The summed E-state index contributed by atoms with van der Waals surface area (Å²) in [6, 6.07) is 1.43. The minimum atomic E-state index is -0.289. The first kappa shape index (κ1) is 21.8. The van der Waals surface area contributed by atoms with Crippen molar-refractivity contribution in [1.29, 1.82) is 0 Å². The fourth-order valence-corrected chi connectivity index (χ4v) is 2.93. The number of carbonyl (C=O) groups excluding carboxylic acids is 2. The van der Waals surface area contributed by atoms with Crippen molar-refractivity contribution in [1.82, 2.24) is 0 Å². The van der Waals surface area contributed by atoms with E-state index in [2.05, 4.69) is 0 Å². The quantitative estimate of drug-likeness (QED) is 0.326. The fourth-order valence-electron chi connectivity index (χ4n) is 2.93. The number of benzene rings is 1. The van der Waals surface area contributed by atoms with Gasteiger partial charge in [0.05, 0.1) is 19.3 Å². The Bertz CT molecular complexity index is 609. The summed E-state index contributed by atoms with van der Waals surface area (Å²) in [4.78, 5) is 23.0. The van der Waals surface area contributed by atoms with E-state index in [1.807, 2.05) is 0 Å². The smallest absolute Gasteiger partial charge is 0.302 e. The van der Waals surface area contributed by atoms with Gasteiger partial charge in [-0.25, -0.2) is 0 Å². The van der Waals surface area contributed by atoms with Crippen molar-refractivity contribution in [3.63, 3.8) is 0 Å². The molecule has 1 rings (SSSR count). The first-order valence-electron chi connectivity index (χ1n) is 9.14. The Morgan fingerprint density at radius 1 is 1.00 bits per heavy atom. The second-order valence-electron chi connectivity index (χ2n) is 6.46. The number of ketones is 1. The molecule has 26 heavy (non-hydrogen) atoms. The average Bonchev–Trinajstić information content (AvgIpc) is 2.56. The van der Waals surface area contributed by atoms with Crippen molar-refractivity contribution in [2.24, 2.45) is 0 Å². The van der Waals surface area contributed by atoms with Crippen molar-refractivity contribution < 1.29 is 29.3 Å². The number of carbonyl (C=O) groups is 2. The van der Waals surface area contributed by atoms with Crippen LogP contribution < -0.4 is 4.74 Å². The second kappa shape index (κ2) is 11.4. The van der Waals surface area contributed by atoms with Crippen LogP contribution in [0.2, 0.25) is 0 Å². The Morgan fingerprint density at radius 2 is 1.58 bits per heavy atom. The molecule has 6 heteroatoms. The number of unbranched alkanes of at least 4 members (excludes halogenated alkanes) is 6. The molecule has 0 bridgehead atoms. The summed E-state index contributed by atoms with van der Waals surface area (Å²) in [5.74, 6) is -0.898. The van der Waals surface area contributed by atoms with Crippen LogP contribution >= 0.6 is 0 Å². The van der Waals surface area contributed by atoms with E-state index >= 15 is 0 Å². The van der Waals surface area contributed by atoms with Gasteiger partial charge in [0.15, 0.2) is 17.3 Å².